The molecule has 0 saturated heterocycles. The third-order valence-corrected chi connectivity index (χ3v) is 6.28. The van der Waals surface area contributed by atoms with E-state index in [1.165, 1.54) is 11.3 Å². The molecule has 1 amide bonds. The van der Waals surface area contributed by atoms with Gasteiger partial charge in [0.05, 0.1) is 10.3 Å². The van der Waals surface area contributed by atoms with E-state index in [0.717, 1.165) is 37.3 Å². The van der Waals surface area contributed by atoms with Crippen molar-refractivity contribution in [2.75, 3.05) is 13.1 Å². The second-order valence-corrected chi connectivity index (χ2v) is 8.51. The summed E-state index contributed by atoms with van der Waals surface area (Å²) in [4.78, 5) is 33.7. The lowest BCUT2D eigenvalue weighted by Crippen LogP contribution is -2.42. The molecule has 7 heteroatoms. The van der Waals surface area contributed by atoms with E-state index in [-0.39, 0.29) is 11.5 Å². The molecule has 2 aromatic heterocycles. The Morgan fingerprint density at radius 2 is 2.00 bits per heavy atom. The van der Waals surface area contributed by atoms with Gasteiger partial charge in [-0.15, -0.1) is 11.3 Å². The molecule has 1 N–H and O–H groups in total. The van der Waals surface area contributed by atoms with Gasteiger partial charge in [-0.1, -0.05) is 0 Å². The van der Waals surface area contributed by atoms with Crippen molar-refractivity contribution < 1.29 is 4.79 Å². The van der Waals surface area contributed by atoms with E-state index in [1.54, 1.807) is 4.57 Å². The molecule has 3 rings (SSSR count). The van der Waals surface area contributed by atoms with Crippen molar-refractivity contribution in [2.45, 2.75) is 66.1 Å². The van der Waals surface area contributed by atoms with Gasteiger partial charge < -0.3 is 5.32 Å². The highest BCUT2D eigenvalue weighted by Gasteiger charge is 2.23. The van der Waals surface area contributed by atoms with Crippen molar-refractivity contribution in [1.29, 1.82) is 0 Å². The van der Waals surface area contributed by atoms with Crippen LogP contribution in [0, 0.1) is 6.92 Å². The molecule has 3 heterocycles. The van der Waals surface area contributed by atoms with Gasteiger partial charge in [-0.2, -0.15) is 0 Å². The van der Waals surface area contributed by atoms with Crippen LogP contribution in [0.25, 0.3) is 10.2 Å². The average molecular weight is 377 g/mol. The topological polar surface area (TPSA) is 67.2 Å². The molecule has 1 aliphatic heterocycles. The molecule has 0 bridgehead atoms. The summed E-state index contributed by atoms with van der Waals surface area (Å²) in [6.07, 6.45) is 1.80. The van der Waals surface area contributed by atoms with Gasteiger partial charge in [-0.05, 0) is 46.6 Å². The number of nitrogens with one attached hydrogen (secondary N) is 1. The van der Waals surface area contributed by atoms with Crippen molar-refractivity contribution in [2.24, 2.45) is 0 Å². The third kappa shape index (κ3) is 3.42. The monoisotopic (exact) mass is 376 g/mol. The molecule has 0 aliphatic carbocycles. The zero-order valence-electron chi connectivity index (χ0n) is 16.3. The third-order valence-electron chi connectivity index (χ3n) is 5.10. The van der Waals surface area contributed by atoms with Gasteiger partial charge in [0, 0.05) is 38.1 Å². The van der Waals surface area contributed by atoms with Crippen LogP contribution >= 0.6 is 11.3 Å². The van der Waals surface area contributed by atoms with Crippen LogP contribution in [-0.2, 0) is 13.0 Å². The number of hydrogen-bond acceptors (Lipinski definition) is 5. The lowest BCUT2D eigenvalue weighted by atomic mass is 10.2. The molecule has 1 aliphatic rings. The highest BCUT2D eigenvalue weighted by molar-refractivity contribution is 7.20. The Balaban J connectivity index is 1.78. The Morgan fingerprint density at radius 1 is 1.31 bits per heavy atom. The molecular weight excluding hydrogens is 348 g/mol. The van der Waals surface area contributed by atoms with Crippen LogP contribution in [0.5, 0.6) is 0 Å². The SMILES string of the molecule is Cc1c(C(=O)NCCN(C(C)C)C(C)C)sc2nc3n(c(=O)c12)CCC3. The Hall–Kier alpha value is -1.73. The molecule has 0 atom stereocenters. The fraction of sp³-hybridized carbons (Fsp3) is 0.632. The number of thiophene rings is 1. The standard InChI is InChI=1S/C19H28N4O2S/c1-11(2)22(12(3)4)10-8-20-17(24)16-13(5)15-18(26-16)21-14-7-6-9-23(14)19(15)25/h11-12H,6-10H2,1-5H3,(H,20,24). The molecule has 0 fully saturated rings. The number of nitrogens with zero attached hydrogens (tertiary/aromatic N) is 3. The maximum Gasteiger partial charge on any atom is 0.262 e. The number of rotatable bonds is 6. The van der Waals surface area contributed by atoms with Crippen LogP contribution < -0.4 is 10.9 Å². The number of carbonyl (C=O) groups excluding carboxylic acids is 1. The van der Waals surface area contributed by atoms with E-state index < -0.39 is 0 Å². The minimum atomic E-state index is -0.109. The zero-order chi connectivity index (χ0) is 19.0. The van der Waals surface area contributed by atoms with E-state index in [9.17, 15) is 9.59 Å². The number of hydrogen-bond donors (Lipinski definition) is 1. The van der Waals surface area contributed by atoms with Gasteiger partial charge in [0.1, 0.15) is 10.7 Å². The minimum absolute atomic E-state index is 0.00101. The van der Waals surface area contributed by atoms with E-state index in [1.807, 2.05) is 6.92 Å². The van der Waals surface area contributed by atoms with Crippen molar-refractivity contribution in [3.8, 4) is 0 Å². The number of fused-ring (bicyclic) bond motifs is 2. The predicted octanol–water partition coefficient (Wildman–Crippen LogP) is 2.56. The lowest BCUT2D eigenvalue weighted by Gasteiger charge is -2.30. The summed E-state index contributed by atoms with van der Waals surface area (Å²) >= 11 is 1.33. The van der Waals surface area contributed by atoms with E-state index in [2.05, 4.69) is 42.9 Å². The smallest absolute Gasteiger partial charge is 0.262 e. The molecule has 2 aromatic rings. The second-order valence-electron chi connectivity index (χ2n) is 7.51. The van der Waals surface area contributed by atoms with Crippen LogP contribution in [0.15, 0.2) is 4.79 Å². The fourth-order valence-electron chi connectivity index (χ4n) is 3.78. The Labute approximate surface area is 158 Å². The summed E-state index contributed by atoms with van der Waals surface area (Å²) < 4.78 is 1.76. The zero-order valence-corrected chi connectivity index (χ0v) is 17.1. The van der Waals surface area contributed by atoms with Gasteiger partial charge >= 0.3 is 0 Å². The average Bonchev–Trinajstić information content (AvgIpc) is 3.16. The van der Waals surface area contributed by atoms with Crippen LogP contribution in [-0.4, -0.2) is 45.5 Å². The van der Waals surface area contributed by atoms with Gasteiger partial charge in [-0.25, -0.2) is 4.98 Å². The van der Waals surface area contributed by atoms with Gasteiger partial charge in [0.15, 0.2) is 0 Å². The highest BCUT2D eigenvalue weighted by Crippen LogP contribution is 2.28. The predicted molar refractivity (Wildman–Crippen MR) is 106 cm³/mol. The Morgan fingerprint density at radius 3 is 2.65 bits per heavy atom. The molecule has 0 radical (unpaired) electrons. The van der Waals surface area contributed by atoms with Gasteiger partial charge in [0.2, 0.25) is 0 Å². The molecule has 142 valence electrons. The summed E-state index contributed by atoms with van der Waals surface area (Å²) in [7, 11) is 0. The van der Waals surface area contributed by atoms with Crippen molar-refractivity contribution >= 4 is 27.5 Å². The summed E-state index contributed by atoms with van der Waals surface area (Å²) in [6, 6.07) is 0.870. The molecule has 26 heavy (non-hydrogen) atoms. The van der Waals surface area contributed by atoms with Crippen LogP contribution in [0.4, 0.5) is 0 Å². The number of carbonyl (C=O) groups is 1. The summed E-state index contributed by atoms with van der Waals surface area (Å²) in [5, 5.41) is 3.62. The first-order valence-corrected chi connectivity index (χ1v) is 10.2. The first-order chi connectivity index (χ1) is 12.3. The van der Waals surface area contributed by atoms with Crippen LogP contribution in [0.3, 0.4) is 0 Å². The Kier molecular flexibility index (Phi) is 5.48. The number of aryl methyl sites for hydroxylation is 2. The summed E-state index contributed by atoms with van der Waals surface area (Å²) in [6.45, 7) is 12.6. The molecule has 6 nitrogen and oxygen atoms in total. The quantitative estimate of drug-likeness (QED) is 0.841. The lowest BCUT2D eigenvalue weighted by molar-refractivity contribution is 0.0943. The highest BCUT2D eigenvalue weighted by atomic mass is 32.1. The second kappa shape index (κ2) is 7.48. The molecule has 0 unspecified atom stereocenters. The largest absolute Gasteiger partial charge is 0.350 e. The normalized spacial score (nSPS) is 14.0. The van der Waals surface area contributed by atoms with Gasteiger partial charge in [-0.3, -0.25) is 19.1 Å². The first kappa shape index (κ1) is 19.0. The number of amides is 1. The molecule has 0 saturated carbocycles. The van der Waals surface area contributed by atoms with Crippen molar-refractivity contribution in [3.05, 3.63) is 26.6 Å². The summed E-state index contributed by atoms with van der Waals surface area (Å²) in [5.41, 5.74) is 0.757. The molecule has 0 spiro atoms. The van der Waals surface area contributed by atoms with Crippen LogP contribution in [0.1, 0.15) is 55.2 Å². The van der Waals surface area contributed by atoms with E-state index >= 15 is 0 Å². The molecular formula is C19H28N4O2S. The maximum absolute atomic E-state index is 12.7. The maximum atomic E-state index is 12.7. The fourth-order valence-corrected chi connectivity index (χ4v) is 4.89. The minimum Gasteiger partial charge on any atom is -0.350 e. The number of aromatic nitrogens is 2. The van der Waals surface area contributed by atoms with Crippen LogP contribution in [0.2, 0.25) is 0 Å². The summed E-state index contributed by atoms with van der Waals surface area (Å²) in [5.74, 6) is 0.739. The van der Waals surface area contributed by atoms with E-state index in [4.69, 9.17) is 0 Å². The Bertz CT molecular complexity index is 874. The molecule has 0 aromatic carbocycles. The van der Waals surface area contributed by atoms with Gasteiger partial charge in [0.25, 0.3) is 11.5 Å². The van der Waals surface area contributed by atoms with Crippen molar-refractivity contribution in [1.82, 2.24) is 19.8 Å². The first-order valence-electron chi connectivity index (χ1n) is 9.38. The van der Waals surface area contributed by atoms with E-state index in [0.29, 0.717) is 33.7 Å². The van der Waals surface area contributed by atoms with Crippen molar-refractivity contribution in [3.63, 3.8) is 0 Å².